The number of ether oxygens (including phenoxy) is 1. The highest BCUT2D eigenvalue weighted by Gasteiger charge is 2.14. The molecule has 21 heavy (non-hydrogen) atoms. The van der Waals surface area contributed by atoms with Crippen LogP contribution in [-0.4, -0.2) is 54.9 Å². The number of rotatable bonds is 6. The van der Waals surface area contributed by atoms with E-state index in [-0.39, 0.29) is 17.8 Å². The zero-order valence-electron chi connectivity index (χ0n) is 12.2. The summed E-state index contributed by atoms with van der Waals surface area (Å²) in [5.41, 5.74) is 1.95. The Hall–Kier alpha value is -1.24. The van der Waals surface area contributed by atoms with Gasteiger partial charge in [0, 0.05) is 30.2 Å². The molecule has 1 fully saturated rings. The topological polar surface area (TPSA) is 61.8 Å². The smallest absolute Gasteiger partial charge is 0.237 e. The molecule has 0 aliphatic carbocycles. The van der Waals surface area contributed by atoms with E-state index in [0.29, 0.717) is 5.75 Å². The highest BCUT2D eigenvalue weighted by atomic mass is 32.2. The number of hydrogen-bond donors (Lipinski definition) is 2. The second kappa shape index (κ2) is 8.26. The van der Waals surface area contributed by atoms with E-state index in [1.807, 2.05) is 31.2 Å². The number of hydrogen-bond acceptors (Lipinski definition) is 5. The summed E-state index contributed by atoms with van der Waals surface area (Å²) in [5, 5.41) is 11.5. The molecule has 1 atom stereocenters. The van der Waals surface area contributed by atoms with E-state index < -0.39 is 0 Å². The average Bonchev–Trinajstić information content (AvgIpc) is 2.54. The lowest BCUT2D eigenvalue weighted by Gasteiger charge is -2.28. The van der Waals surface area contributed by atoms with Crippen molar-refractivity contribution in [1.29, 1.82) is 0 Å². The molecule has 6 heteroatoms. The Bertz CT molecular complexity index is 447. The number of thioether (sulfide) groups is 1. The van der Waals surface area contributed by atoms with Crippen LogP contribution in [0.1, 0.15) is 6.92 Å². The molecule has 2 N–H and O–H groups in total. The minimum atomic E-state index is -0.170. The first-order valence-corrected chi connectivity index (χ1v) is 8.21. The highest BCUT2D eigenvalue weighted by Crippen LogP contribution is 2.20. The number of benzene rings is 1. The lowest BCUT2D eigenvalue weighted by Crippen LogP contribution is -2.36. The number of amides is 1. The standard InChI is InChI=1S/C15H22N2O3S/c1-12(21-11-8-18)15(19)16-13-2-4-14(5-3-13)17-6-9-20-10-7-17/h2-5,12,18H,6-11H2,1H3,(H,16,19)/t12-/m1/s1. The molecule has 1 aromatic carbocycles. The Kier molecular flexibility index (Phi) is 6.35. The second-order valence-electron chi connectivity index (χ2n) is 4.87. The van der Waals surface area contributed by atoms with E-state index in [4.69, 9.17) is 9.84 Å². The van der Waals surface area contributed by atoms with Crippen LogP contribution in [0.3, 0.4) is 0 Å². The van der Waals surface area contributed by atoms with Crippen molar-refractivity contribution in [3.63, 3.8) is 0 Å². The van der Waals surface area contributed by atoms with Crippen LogP contribution >= 0.6 is 11.8 Å². The lowest BCUT2D eigenvalue weighted by molar-refractivity contribution is -0.115. The molecule has 0 bridgehead atoms. The molecule has 116 valence electrons. The molecule has 0 spiro atoms. The fourth-order valence-electron chi connectivity index (χ4n) is 2.13. The van der Waals surface area contributed by atoms with Crippen molar-refractivity contribution in [2.24, 2.45) is 0 Å². The van der Waals surface area contributed by atoms with Crippen LogP contribution in [0.2, 0.25) is 0 Å². The van der Waals surface area contributed by atoms with Gasteiger partial charge in [-0.1, -0.05) is 0 Å². The molecule has 1 amide bonds. The number of carbonyl (C=O) groups excluding carboxylic acids is 1. The third kappa shape index (κ3) is 4.91. The van der Waals surface area contributed by atoms with Gasteiger partial charge < -0.3 is 20.1 Å². The summed E-state index contributed by atoms with van der Waals surface area (Å²) in [7, 11) is 0. The molecule has 5 nitrogen and oxygen atoms in total. The Morgan fingerprint density at radius 3 is 2.67 bits per heavy atom. The van der Waals surface area contributed by atoms with Crippen LogP contribution in [0.25, 0.3) is 0 Å². The monoisotopic (exact) mass is 310 g/mol. The molecule has 0 saturated carbocycles. The van der Waals surface area contributed by atoms with Crippen LogP contribution < -0.4 is 10.2 Å². The van der Waals surface area contributed by atoms with Crippen molar-refractivity contribution in [2.75, 3.05) is 48.9 Å². The summed E-state index contributed by atoms with van der Waals surface area (Å²) in [4.78, 5) is 14.2. The van der Waals surface area contributed by atoms with Crippen LogP contribution in [0.4, 0.5) is 11.4 Å². The molecule has 0 aromatic heterocycles. The first-order valence-electron chi connectivity index (χ1n) is 7.17. The maximum atomic E-state index is 12.0. The molecule has 1 aliphatic heterocycles. The van der Waals surface area contributed by atoms with Crippen LogP contribution in [0.15, 0.2) is 24.3 Å². The third-order valence-corrected chi connectivity index (χ3v) is 4.47. The quantitative estimate of drug-likeness (QED) is 0.835. The lowest BCUT2D eigenvalue weighted by atomic mass is 10.2. The molecule has 1 heterocycles. The summed E-state index contributed by atoms with van der Waals surface area (Å²) in [6.07, 6.45) is 0. The van der Waals surface area contributed by atoms with E-state index in [2.05, 4.69) is 10.2 Å². The number of carbonyl (C=O) groups is 1. The van der Waals surface area contributed by atoms with Gasteiger partial charge in [0.25, 0.3) is 0 Å². The second-order valence-corrected chi connectivity index (χ2v) is 6.32. The predicted molar refractivity (Wildman–Crippen MR) is 87.1 cm³/mol. The largest absolute Gasteiger partial charge is 0.396 e. The fraction of sp³-hybridized carbons (Fsp3) is 0.533. The maximum absolute atomic E-state index is 12.0. The van der Waals surface area contributed by atoms with E-state index in [9.17, 15) is 4.79 Å². The van der Waals surface area contributed by atoms with Gasteiger partial charge in [-0.05, 0) is 31.2 Å². The van der Waals surface area contributed by atoms with Gasteiger partial charge in [-0.15, -0.1) is 11.8 Å². The number of aliphatic hydroxyl groups excluding tert-OH is 1. The van der Waals surface area contributed by atoms with Gasteiger partial charge in [0.05, 0.1) is 25.1 Å². The van der Waals surface area contributed by atoms with Crippen LogP contribution in [0, 0.1) is 0 Å². The van der Waals surface area contributed by atoms with E-state index in [1.165, 1.54) is 11.8 Å². The van der Waals surface area contributed by atoms with Crippen molar-refractivity contribution < 1.29 is 14.6 Å². The minimum Gasteiger partial charge on any atom is -0.396 e. The Labute approximate surface area is 129 Å². The maximum Gasteiger partial charge on any atom is 0.237 e. The number of anilines is 2. The summed E-state index contributed by atoms with van der Waals surface area (Å²) in [6.45, 7) is 5.27. The van der Waals surface area contributed by atoms with Gasteiger partial charge >= 0.3 is 0 Å². The summed E-state index contributed by atoms with van der Waals surface area (Å²) in [6, 6.07) is 7.89. The number of nitrogens with zero attached hydrogens (tertiary/aromatic N) is 1. The number of nitrogens with one attached hydrogen (secondary N) is 1. The van der Waals surface area contributed by atoms with E-state index in [1.54, 1.807) is 0 Å². The summed E-state index contributed by atoms with van der Waals surface area (Å²) in [5.74, 6) is 0.539. The van der Waals surface area contributed by atoms with Gasteiger partial charge in [0.1, 0.15) is 0 Å². The SMILES string of the molecule is C[C@@H](SCCO)C(=O)Nc1ccc(N2CCOCC2)cc1. The summed E-state index contributed by atoms with van der Waals surface area (Å²) < 4.78 is 5.34. The normalized spacial score (nSPS) is 16.6. The first kappa shape index (κ1) is 16.1. The molecule has 1 aliphatic rings. The molecule has 2 rings (SSSR count). The molecule has 1 aromatic rings. The molecule has 1 saturated heterocycles. The summed E-state index contributed by atoms with van der Waals surface area (Å²) >= 11 is 1.45. The number of morpholine rings is 1. The molecule has 0 unspecified atom stereocenters. The van der Waals surface area contributed by atoms with Gasteiger partial charge in [-0.3, -0.25) is 4.79 Å². The van der Waals surface area contributed by atoms with Gasteiger partial charge in [0.2, 0.25) is 5.91 Å². The fourth-order valence-corrected chi connectivity index (χ4v) is 2.80. The van der Waals surface area contributed by atoms with Gasteiger partial charge in [-0.2, -0.15) is 0 Å². The third-order valence-electron chi connectivity index (χ3n) is 3.34. The molecular formula is C15H22N2O3S. The van der Waals surface area contributed by atoms with E-state index >= 15 is 0 Å². The van der Waals surface area contributed by atoms with Crippen molar-refractivity contribution in [3.8, 4) is 0 Å². The molecule has 0 radical (unpaired) electrons. The van der Waals surface area contributed by atoms with Gasteiger partial charge in [-0.25, -0.2) is 0 Å². The van der Waals surface area contributed by atoms with Crippen molar-refractivity contribution >= 4 is 29.0 Å². The van der Waals surface area contributed by atoms with Crippen molar-refractivity contribution in [1.82, 2.24) is 0 Å². The van der Waals surface area contributed by atoms with Crippen molar-refractivity contribution in [2.45, 2.75) is 12.2 Å². The average molecular weight is 310 g/mol. The Balaban J connectivity index is 1.88. The zero-order chi connectivity index (χ0) is 15.1. The minimum absolute atomic E-state index is 0.0347. The number of aliphatic hydroxyl groups is 1. The first-order chi connectivity index (χ1) is 10.2. The zero-order valence-corrected chi connectivity index (χ0v) is 13.1. The predicted octanol–water partition coefficient (Wildman–Crippen LogP) is 1.58. The van der Waals surface area contributed by atoms with Gasteiger partial charge in [0.15, 0.2) is 0 Å². The molecular weight excluding hydrogens is 288 g/mol. The van der Waals surface area contributed by atoms with Crippen LogP contribution in [0.5, 0.6) is 0 Å². The van der Waals surface area contributed by atoms with Crippen LogP contribution in [-0.2, 0) is 9.53 Å². The van der Waals surface area contributed by atoms with Crippen molar-refractivity contribution in [3.05, 3.63) is 24.3 Å². The Morgan fingerprint density at radius 1 is 1.38 bits per heavy atom. The van der Waals surface area contributed by atoms with E-state index in [0.717, 1.165) is 37.7 Å². The Morgan fingerprint density at radius 2 is 2.05 bits per heavy atom. The highest BCUT2D eigenvalue weighted by molar-refractivity contribution is 8.00.